The summed E-state index contributed by atoms with van der Waals surface area (Å²) in [6, 6.07) is 0. The Labute approximate surface area is 124 Å². The fourth-order valence-electron chi connectivity index (χ4n) is 2.37. The Hall–Kier alpha value is -0.820. The van der Waals surface area contributed by atoms with Gasteiger partial charge in [-0.2, -0.15) is 13.2 Å². The van der Waals surface area contributed by atoms with Gasteiger partial charge >= 0.3 is 6.18 Å². The summed E-state index contributed by atoms with van der Waals surface area (Å²) in [7, 11) is 0. The number of nitrogens with one attached hydrogen (secondary N) is 2. The minimum absolute atomic E-state index is 0.0240. The topological polar surface area (TPSA) is 44.4 Å². The molecule has 0 aromatic heterocycles. The fraction of sp³-hybridized carbons (Fsp3) is 0.929. The van der Waals surface area contributed by atoms with Gasteiger partial charge in [0.15, 0.2) is 0 Å². The third-order valence-corrected chi connectivity index (χ3v) is 3.37. The maximum atomic E-state index is 12.3. The number of halogens is 3. The summed E-state index contributed by atoms with van der Waals surface area (Å²) in [6.45, 7) is 7.14. The highest BCUT2D eigenvalue weighted by Gasteiger charge is 2.34. The van der Waals surface area contributed by atoms with Crippen LogP contribution < -0.4 is 10.6 Å². The predicted octanol–water partition coefficient (Wildman–Crippen LogP) is 1.77. The van der Waals surface area contributed by atoms with Gasteiger partial charge in [0.2, 0.25) is 5.91 Å². The van der Waals surface area contributed by atoms with E-state index in [1.807, 2.05) is 20.8 Å². The molecule has 7 heteroatoms. The molecule has 1 saturated heterocycles. The molecule has 2 N–H and O–H groups in total. The Balaban J connectivity index is 2.14. The second-order valence-corrected chi connectivity index (χ2v) is 6.74. The van der Waals surface area contributed by atoms with Crippen LogP contribution in [-0.2, 0) is 4.79 Å². The van der Waals surface area contributed by atoms with Crippen molar-refractivity contribution < 1.29 is 18.0 Å². The van der Waals surface area contributed by atoms with Crippen LogP contribution >= 0.6 is 0 Å². The minimum Gasteiger partial charge on any atom is -0.356 e. The number of amides is 1. The summed E-state index contributed by atoms with van der Waals surface area (Å²) in [4.78, 5) is 13.1. The molecule has 1 aliphatic rings. The van der Waals surface area contributed by atoms with Crippen LogP contribution in [0, 0.1) is 5.92 Å². The monoisotopic (exact) mass is 309 g/mol. The molecule has 21 heavy (non-hydrogen) atoms. The van der Waals surface area contributed by atoms with E-state index in [4.69, 9.17) is 0 Å². The highest BCUT2D eigenvalue weighted by atomic mass is 19.4. The zero-order valence-electron chi connectivity index (χ0n) is 13.0. The van der Waals surface area contributed by atoms with E-state index in [0.29, 0.717) is 39.0 Å². The third kappa shape index (κ3) is 8.93. The molecule has 0 bridgehead atoms. The van der Waals surface area contributed by atoms with Gasteiger partial charge in [-0.15, -0.1) is 0 Å². The second-order valence-electron chi connectivity index (χ2n) is 6.74. The number of alkyl halides is 3. The van der Waals surface area contributed by atoms with Crippen LogP contribution in [0.25, 0.3) is 0 Å². The van der Waals surface area contributed by atoms with Crippen LogP contribution in [0.4, 0.5) is 13.2 Å². The Morgan fingerprint density at radius 2 is 1.95 bits per heavy atom. The summed E-state index contributed by atoms with van der Waals surface area (Å²) in [5.41, 5.74) is -0.0240. The number of carbonyl (C=O) groups excluding carboxylic acids is 1. The molecule has 1 rings (SSSR count). The Morgan fingerprint density at radius 1 is 1.29 bits per heavy atom. The summed E-state index contributed by atoms with van der Waals surface area (Å²) >= 11 is 0. The first-order valence-corrected chi connectivity index (χ1v) is 7.36. The van der Waals surface area contributed by atoms with E-state index < -0.39 is 12.7 Å². The zero-order valence-corrected chi connectivity index (χ0v) is 13.0. The lowest BCUT2D eigenvalue weighted by Crippen LogP contribution is -2.39. The zero-order chi connectivity index (χ0) is 16.1. The van der Waals surface area contributed by atoms with Crippen molar-refractivity contribution in [1.82, 2.24) is 15.5 Å². The number of carbonyl (C=O) groups is 1. The van der Waals surface area contributed by atoms with Crippen LogP contribution in [0.5, 0.6) is 0 Å². The Morgan fingerprint density at radius 3 is 2.52 bits per heavy atom. The van der Waals surface area contributed by atoms with Crippen molar-refractivity contribution in [3.63, 3.8) is 0 Å². The largest absolute Gasteiger partial charge is 0.401 e. The lowest BCUT2D eigenvalue weighted by molar-refractivity contribution is -0.143. The molecule has 0 aromatic carbocycles. The lowest BCUT2D eigenvalue weighted by Gasteiger charge is -2.20. The molecule has 1 unspecified atom stereocenters. The van der Waals surface area contributed by atoms with Crippen molar-refractivity contribution in [2.75, 3.05) is 32.7 Å². The second kappa shape index (κ2) is 7.45. The molecule has 0 aliphatic carbocycles. The van der Waals surface area contributed by atoms with E-state index in [9.17, 15) is 18.0 Å². The first kappa shape index (κ1) is 18.2. The molecule has 124 valence electrons. The van der Waals surface area contributed by atoms with Crippen LogP contribution in [0.3, 0.4) is 0 Å². The molecular formula is C14H26F3N3O. The maximum absolute atomic E-state index is 12.3. The number of likely N-dealkylation sites (tertiary alicyclic amines) is 1. The number of hydrogen-bond acceptors (Lipinski definition) is 3. The minimum atomic E-state index is -4.14. The molecule has 1 atom stereocenters. The van der Waals surface area contributed by atoms with Gasteiger partial charge in [-0.25, -0.2) is 0 Å². The van der Waals surface area contributed by atoms with Crippen LogP contribution in [-0.4, -0.2) is 55.2 Å². The predicted molar refractivity (Wildman–Crippen MR) is 76.0 cm³/mol. The van der Waals surface area contributed by atoms with Gasteiger partial charge in [-0.1, -0.05) is 0 Å². The summed E-state index contributed by atoms with van der Waals surface area (Å²) in [6.07, 6.45) is -3.05. The van der Waals surface area contributed by atoms with Crippen LogP contribution in [0.1, 0.15) is 33.6 Å². The maximum Gasteiger partial charge on any atom is 0.401 e. The van der Waals surface area contributed by atoms with E-state index in [0.717, 1.165) is 0 Å². The molecular weight excluding hydrogens is 283 g/mol. The molecule has 1 heterocycles. The van der Waals surface area contributed by atoms with Gasteiger partial charge < -0.3 is 10.6 Å². The molecule has 0 aromatic rings. The average Bonchev–Trinajstić information content (AvgIpc) is 2.69. The quantitative estimate of drug-likeness (QED) is 0.786. The third-order valence-electron chi connectivity index (χ3n) is 3.37. The SMILES string of the molecule is CC(C)(C)NCCC(=O)NCC1CCN(CC(F)(F)F)C1. The van der Waals surface area contributed by atoms with Crippen molar-refractivity contribution in [2.24, 2.45) is 5.92 Å². The molecule has 4 nitrogen and oxygen atoms in total. The lowest BCUT2D eigenvalue weighted by atomic mass is 10.1. The van der Waals surface area contributed by atoms with Crippen molar-refractivity contribution in [3.05, 3.63) is 0 Å². The summed E-state index contributed by atoms with van der Waals surface area (Å²) in [5.74, 6) is 0.0629. The van der Waals surface area contributed by atoms with Crippen molar-refractivity contribution in [1.29, 1.82) is 0 Å². The molecule has 0 radical (unpaired) electrons. The highest BCUT2D eigenvalue weighted by Crippen LogP contribution is 2.22. The van der Waals surface area contributed by atoms with Gasteiger partial charge in [0, 0.05) is 31.6 Å². The summed E-state index contributed by atoms with van der Waals surface area (Å²) < 4.78 is 36.8. The summed E-state index contributed by atoms with van der Waals surface area (Å²) in [5, 5.41) is 6.03. The normalized spacial score (nSPS) is 20.8. The molecule has 1 aliphatic heterocycles. The standard InChI is InChI=1S/C14H26F3N3O/c1-13(2,3)19-6-4-12(21)18-8-11-5-7-20(9-11)10-14(15,16)17/h11,19H,4-10H2,1-3H3,(H,18,21). The Bertz CT molecular complexity index is 339. The van der Waals surface area contributed by atoms with E-state index in [-0.39, 0.29) is 17.4 Å². The first-order valence-electron chi connectivity index (χ1n) is 7.36. The highest BCUT2D eigenvalue weighted by molar-refractivity contribution is 5.76. The van der Waals surface area contributed by atoms with E-state index >= 15 is 0 Å². The Kier molecular flexibility index (Phi) is 6.46. The van der Waals surface area contributed by atoms with Gasteiger partial charge in [-0.05, 0) is 39.7 Å². The first-order chi connectivity index (χ1) is 9.55. The molecule has 1 fully saturated rings. The fourth-order valence-corrected chi connectivity index (χ4v) is 2.37. The van der Waals surface area contributed by atoms with E-state index in [1.54, 1.807) is 0 Å². The van der Waals surface area contributed by atoms with E-state index in [1.165, 1.54) is 4.90 Å². The van der Waals surface area contributed by atoms with Crippen LogP contribution in [0.15, 0.2) is 0 Å². The molecule has 1 amide bonds. The smallest absolute Gasteiger partial charge is 0.356 e. The number of hydrogen-bond donors (Lipinski definition) is 2. The van der Waals surface area contributed by atoms with Gasteiger partial charge in [0.25, 0.3) is 0 Å². The average molecular weight is 309 g/mol. The molecule has 0 saturated carbocycles. The van der Waals surface area contributed by atoms with Crippen LogP contribution in [0.2, 0.25) is 0 Å². The van der Waals surface area contributed by atoms with Crippen molar-refractivity contribution >= 4 is 5.91 Å². The van der Waals surface area contributed by atoms with Crippen molar-refractivity contribution in [3.8, 4) is 0 Å². The van der Waals surface area contributed by atoms with Crippen molar-refractivity contribution in [2.45, 2.75) is 45.3 Å². The van der Waals surface area contributed by atoms with Gasteiger partial charge in [-0.3, -0.25) is 9.69 Å². The van der Waals surface area contributed by atoms with Gasteiger partial charge in [0.1, 0.15) is 0 Å². The van der Waals surface area contributed by atoms with E-state index in [2.05, 4.69) is 10.6 Å². The molecule has 0 spiro atoms. The number of rotatable bonds is 6. The number of nitrogens with zero attached hydrogens (tertiary/aromatic N) is 1. The van der Waals surface area contributed by atoms with Gasteiger partial charge in [0.05, 0.1) is 6.54 Å².